The molecule has 1 aromatic heterocycles. The molecule has 106 valence electrons. The Labute approximate surface area is 117 Å². The Kier molecular flexibility index (Phi) is 5.33. The number of nitrogens with one attached hydrogen (secondary N) is 1. The number of nitrogens with zero attached hydrogens (tertiary/aromatic N) is 1. The number of carboxylic acids is 1. The number of carboxylic acid groups (broad SMARTS) is 1. The topological polar surface area (TPSA) is 61.8 Å². The average molecular weight is 284 g/mol. The molecule has 0 bridgehead atoms. The summed E-state index contributed by atoms with van der Waals surface area (Å²) >= 11 is 1.32. The lowest BCUT2D eigenvalue weighted by molar-refractivity contribution is -0.0253. The van der Waals surface area contributed by atoms with Crippen molar-refractivity contribution >= 4 is 17.3 Å². The van der Waals surface area contributed by atoms with Crippen molar-refractivity contribution in [2.45, 2.75) is 19.6 Å². The quantitative estimate of drug-likeness (QED) is 0.823. The van der Waals surface area contributed by atoms with E-state index in [1.807, 2.05) is 6.07 Å². The van der Waals surface area contributed by atoms with Gasteiger partial charge in [-0.2, -0.15) is 0 Å². The fourth-order valence-electron chi connectivity index (χ4n) is 2.14. The lowest BCUT2D eigenvalue weighted by Crippen LogP contribution is -2.46. The minimum Gasteiger partial charge on any atom is -0.477 e. The predicted molar refractivity (Wildman–Crippen MR) is 74.8 cm³/mol. The molecule has 0 saturated carbocycles. The SMILES string of the molecule is CCN1CCOC(CNCc2ccc(C(=O)O)s2)C1. The van der Waals surface area contributed by atoms with E-state index in [4.69, 9.17) is 9.84 Å². The van der Waals surface area contributed by atoms with E-state index in [1.54, 1.807) is 6.07 Å². The van der Waals surface area contributed by atoms with E-state index in [2.05, 4.69) is 17.1 Å². The van der Waals surface area contributed by atoms with Gasteiger partial charge >= 0.3 is 5.97 Å². The molecule has 0 aliphatic carbocycles. The third-order valence-corrected chi connectivity index (χ3v) is 4.29. The van der Waals surface area contributed by atoms with Crippen LogP contribution in [-0.2, 0) is 11.3 Å². The molecule has 0 amide bonds. The number of aromatic carboxylic acids is 1. The molecule has 6 heteroatoms. The summed E-state index contributed by atoms with van der Waals surface area (Å²) in [4.78, 5) is 14.6. The van der Waals surface area contributed by atoms with Crippen molar-refractivity contribution in [3.05, 3.63) is 21.9 Å². The van der Waals surface area contributed by atoms with Gasteiger partial charge in [-0.25, -0.2) is 4.79 Å². The highest BCUT2D eigenvalue weighted by Crippen LogP contribution is 2.16. The fourth-order valence-corrected chi connectivity index (χ4v) is 2.95. The van der Waals surface area contributed by atoms with Crippen LogP contribution in [0.25, 0.3) is 0 Å². The molecule has 1 atom stereocenters. The molecule has 2 rings (SSSR count). The molecule has 0 spiro atoms. The highest BCUT2D eigenvalue weighted by molar-refractivity contribution is 7.13. The number of likely N-dealkylation sites (N-methyl/N-ethyl adjacent to an activating group) is 1. The van der Waals surface area contributed by atoms with Crippen LogP contribution in [0.5, 0.6) is 0 Å². The summed E-state index contributed by atoms with van der Waals surface area (Å²) in [6, 6.07) is 3.52. The lowest BCUT2D eigenvalue weighted by Gasteiger charge is -2.32. The van der Waals surface area contributed by atoms with Gasteiger partial charge in [0, 0.05) is 31.1 Å². The van der Waals surface area contributed by atoms with Crippen LogP contribution >= 0.6 is 11.3 Å². The van der Waals surface area contributed by atoms with Crippen LogP contribution in [-0.4, -0.2) is 54.9 Å². The van der Waals surface area contributed by atoms with Crippen molar-refractivity contribution in [1.29, 1.82) is 0 Å². The Morgan fingerprint density at radius 2 is 2.47 bits per heavy atom. The van der Waals surface area contributed by atoms with Crippen LogP contribution in [0.2, 0.25) is 0 Å². The van der Waals surface area contributed by atoms with Crippen LogP contribution in [0.15, 0.2) is 12.1 Å². The Hall–Kier alpha value is -0.950. The van der Waals surface area contributed by atoms with Gasteiger partial charge < -0.3 is 15.2 Å². The van der Waals surface area contributed by atoms with E-state index in [0.717, 1.165) is 37.7 Å². The fraction of sp³-hybridized carbons (Fsp3) is 0.615. The molecule has 1 fully saturated rings. The molecule has 0 aromatic carbocycles. The first-order valence-electron chi connectivity index (χ1n) is 6.55. The number of rotatable bonds is 6. The van der Waals surface area contributed by atoms with Gasteiger partial charge in [0.1, 0.15) is 4.88 Å². The zero-order valence-electron chi connectivity index (χ0n) is 11.1. The molecule has 1 aliphatic heterocycles. The first-order valence-corrected chi connectivity index (χ1v) is 7.37. The highest BCUT2D eigenvalue weighted by atomic mass is 32.1. The second-order valence-corrected chi connectivity index (χ2v) is 5.76. The highest BCUT2D eigenvalue weighted by Gasteiger charge is 2.18. The number of ether oxygens (including phenoxy) is 1. The zero-order chi connectivity index (χ0) is 13.7. The maximum atomic E-state index is 10.8. The van der Waals surface area contributed by atoms with Crippen molar-refractivity contribution in [3.8, 4) is 0 Å². The Morgan fingerprint density at radius 3 is 3.16 bits per heavy atom. The summed E-state index contributed by atoms with van der Waals surface area (Å²) in [6.07, 6.45) is 0.229. The van der Waals surface area contributed by atoms with E-state index in [-0.39, 0.29) is 6.10 Å². The molecule has 1 saturated heterocycles. The molecule has 0 radical (unpaired) electrons. The van der Waals surface area contributed by atoms with Crippen LogP contribution in [0.1, 0.15) is 21.5 Å². The van der Waals surface area contributed by atoms with Crippen molar-refractivity contribution in [1.82, 2.24) is 10.2 Å². The second-order valence-electron chi connectivity index (χ2n) is 4.59. The normalized spacial score (nSPS) is 20.6. The van der Waals surface area contributed by atoms with Crippen LogP contribution < -0.4 is 5.32 Å². The summed E-state index contributed by atoms with van der Waals surface area (Å²) in [5, 5.41) is 12.2. The van der Waals surface area contributed by atoms with Gasteiger partial charge in [-0.1, -0.05) is 6.92 Å². The molecule has 1 aliphatic rings. The van der Waals surface area contributed by atoms with E-state index in [1.165, 1.54) is 11.3 Å². The molecule has 5 nitrogen and oxygen atoms in total. The lowest BCUT2D eigenvalue weighted by atomic mass is 10.2. The first-order chi connectivity index (χ1) is 9.19. The summed E-state index contributed by atoms with van der Waals surface area (Å²) in [7, 11) is 0. The number of hydrogen-bond donors (Lipinski definition) is 2. The summed E-state index contributed by atoms with van der Waals surface area (Å²) in [5.41, 5.74) is 0. The molecule has 19 heavy (non-hydrogen) atoms. The first kappa shape index (κ1) is 14.5. The van der Waals surface area contributed by atoms with Gasteiger partial charge in [0.15, 0.2) is 0 Å². The van der Waals surface area contributed by atoms with Crippen molar-refractivity contribution in [2.24, 2.45) is 0 Å². The monoisotopic (exact) mass is 284 g/mol. The Morgan fingerprint density at radius 1 is 1.63 bits per heavy atom. The maximum absolute atomic E-state index is 10.8. The Bertz CT molecular complexity index is 422. The zero-order valence-corrected chi connectivity index (χ0v) is 11.9. The molecule has 1 unspecified atom stereocenters. The van der Waals surface area contributed by atoms with Crippen LogP contribution in [0, 0.1) is 0 Å². The number of morpholine rings is 1. The third kappa shape index (κ3) is 4.28. The summed E-state index contributed by atoms with van der Waals surface area (Å²) < 4.78 is 5.70. The minimum absolute atomic E-state index is 0.229. The largest absolute Gasteiger partial charge is 0.477 e. The molecule has 2 heterocycles. The number of carbonyl (C=O) groups is 1. The summed E-state index contributed by atoms with van der Waals surface area (Å²) in [6.45, 7) is 7.50. The van der Waals surface area contributed by atoms with Crippen molar-refractivity contribution in [3.63, 3.8) is 0 Å². The van der Waals surface area contributed by atoms with Crippen LogP contribution in [0.3, 0.4) is 0 Å². The van der Waals surface area contributed by atoms with Gasteiger partial charge in [-0.05, 0) is 18.7 Å². The number of thiophene rings is 1. The summed E-state index contributed by atoms with van der Waals surface area (Å²) in [5.74, 6) is -0.856. The van der Waals surface area contributed by atoms with E-state index >= 15 is 0 Å². The molecular weight excluding hydrogens is 264 g/mol. The van der Waals surface area contributed by atoms with Gasteiger partial charge in [-0.3, -0.25) is 4.90 Å². The number of hydrogen-bond acceptors (Lipinski definition) is 5. The van der Waals surface area contributed by atoms with E-state index in [9.17, 15) is 4.79 Å². The van der Waals surface area contributed by atoms with E-state index < -0.39 is 5.97 Å². The third-order valence-electron chi connectivity index (χ3n) is 3.21. The Balaban J connectivity index is 1.72. The predicted octanol–water partition coefficient (Wildman–Crippen LogP) is 1.26. The maximum Gasteiger partial charge on any atom is 0.345 e. The minimum atomic E-state index is -0.856. The standard InChI is InChI=1S/C13H20N2O3S/c1-2-15-5-6-18-10(9-15)7-14-8-11-3-4-12(19-11)13(16)17/h3-4,10,14H,2,5-9H2,1H3,(H,16,17). The van der Waals surface area contributed by atoms with Gasteiger partial charge in [0.2, 0.25) is 0 Å². The van der Waals surface area contributed by atoms with Gasteiger partial charge in [0.05, 0.1) is 12.7 Å². The van der Waals surface area contributed by atoms with Gasteiger partial charge in [0.25, 0.3) is 0 Å². The van der Waals surface area contributed by atoms with Crippen molar-refractivity contribution in [2.75, 3.05) is 32.8 Å². The van der Waals surface area contributed by atoms with Crippen molar-refractivity contribution < 1.29 is 14.6 Å². The molecular formula is C13H20N2O3S. The van der Waals surface area contributed by atoms with Gasteiger partial charge in [-0.15, -0.1) is 11.3 Å². The second kappa shape index (κ2) is 7.00. The molecule has 2 N–H and O–H groups in total. The molecule has 1 aromatic rings. The average Bonchev–Trinajstić information content (AvgIpc) is 2.88. The van der Waals surface area contributed by atoms with E-state index in [0.29, 0.717) is 11.4 Å². The smallest absolute Gasteiger partial charge is 0.345 e. The van der Waals surface area contributed by atoms with Crippen LogP contribution in [0.4, 0.5) is 0 Å².